The topological polar surface area (TPSA) is 76.4 Å². The summed E-state index contributed by atoms with van der Waals surface area (Å²) in [5, 5.41) is 10.9. The molecule has 0 spiro atoms. The lowest BCUT2D eigenvalue weighted by Crippen LogP contribution is -2.37. The molecule has 0 fully saturated rings. The summed E-state index contributed by atoms with van der Waals surface area (Å²) in [5.41, 5.74) is 4.79. The number of nitrogens with one attached hydrogen (secondary N) is 2. The lowest BCUT2D eigenvalue weighted by molar-refractivity contribution is 0.357. The zero-order chi connectivity index (χ0) is 19.2. The van der Waals surface area contributed by atoms with E-state index in [1.54, 1.807) is 18.1 Å². The number of nitrogens with zero attached hydrogens (tertiary/aromatic N) is 4. The molecule has 0 aliphatic carbocycles. The van der Waals surface area contributed by atoms with Crippen LogP contribution in [-0.4, -0.2) is 40.9 Å². The maximum Gasteiger partial charge on any atom is 0.191 e. The molecular weight excluding hydrogens is 479 g/mol. The molecule has 3 aromatic rings. The van der Waals surface area contributed by atoms with E-state index in [1.807, 2.05) is 12.1 Å². The minimum atomic E-state index is 0. The highest BCUT2D eigenvalue weighted by Gasteiger charge is 2.11. The number of aliphatic imine (C=N–C) groups is 1. The first-order valence-electron chi connectivity index (χ1n) is 9.45. The third kappa shape index (κ3) is 5.47. The van der Waals surface area contributed by atoms with Gasteiger partial charge >= 0.3 is 0 Å². The number of hydrogen-bond acceptors (Lipinski definition) is 4. The Morgan fingerprint density at radius 1 is 1.14 bits per heavy atom. The van der Waals surface area contributed by atoms with Gasteiger partial charge in [0.25, 0.3) is 0 Å². The molecule has 1 aliphatic rings. The summed E-state index contributed by atoms with van der Waals surface area (Å²) in [5.74, 6) is 1.83. The largest absolute Gasteiger partial charge is 0.493 e. The number of aromatic nitrogens is 3. The van der Waals surface area contributed by atoms with E-state index in [1.165, 1.54) is 23.0 Å². The molecule has 29 heavy (non-hydrogen) atoms. The number of guanidine groups is 1. The fraction of sp³-hybridized carbons (Fsp3) is 0.286. The first-order valence-corrected chi connectivity index (χ1v) is 9.45. The Kier molecular flexibility index (Phi) is 7.45. The quantitative estimate of drug-likeness (QED) is 0.307. The van der Waals surface area contributed by atoms with Crippen LogP contribution in [0.1, 0.15) is 16.7 Å². The number of benzene rings is 2. The van der Waals surface area contributed by atoms with Crippen LogP contribution in [0.25, 0.3) is 5.69 Å². The summed E-state index contributed by atoms with van der Waals surface area (Å²) in [4.78, 5) is 8.27. The molecule has 4 rings (SSSR count). The summed E-state index contributed by atoms with van der Waals surface area (Å²) in [6.45, 7) is 2.32. The predicted molar refractivity (Wildman–Crippen MR) is 124 cm³/mol. The van der Waals surface area contributed by atoms with Crippen LogP contribution in [0.2, 0.25) is 0 Å². The van der Waals surface area contributed by atoms with E-state index >= 15 is 0 Å². The first kappa shape index (κ1) is 21.1. The zero-order valence-electron chi connectivity index (χ0n) is 16.3. The van der Waals surface area contributed by atoms with E-state index in [0.717, 1.165) is 43.4 Å². The molecule has 1 aliphatic heterocycles. The van der Waals surface area contributed by atoms with Crippen LogP contribution in [0.3, 0.4) is 0 Å². The molecule has 2 aromatic carbocycles. The molecule has 1 aromatic heterocycles. The SMILES string of the molecule is CN=C(NCCc1ccc2c(c1)CCO2)NCc1ccc(-n2cncn2)cc1.I. The lowest BCUT2D eigenvalue weighted by Gasteiger charge is -2.12. The third-order valence-electron chi connectivity index (χ3n) is 4.76. The van der Waals surface area contributed by atoms with Gasteiger partial charge in [-0.2, -0.15) is 5.10 Å². The van der Waals surface area contributed by atoms with Gasteiger partial charge in [0.05, 0.1) is 12.3 Å². The number of fused-ring (bicyclic) bond motifs is 1. The van der Waals surface area contributed by atoms with Crippen molar-refractivity contribution < 1.29 is 4.74 Å². The predicted octanol–water partition coefficient (Wildman–Crippen LogP) is 2.73. The highest BCUT2D eigenvalue weighted by Crippen LogP contribution is 2.25. The number of hydrogen-bond donors (Lipinski definition) is 2. The Hall–Kier alpha value is -2.62. The zero-order valence-corrected chi connectivity index (χ0v) is 18.7. The van der Waals surface area contributed by atoms with Crippen molar-refractivity contribution in [2.24, 2.45) is 4.99 Å². The second-order valence-electron chi connectivity index (χ2n) is 6.65. The Morgan fingerprint density at radius 3 is 2.72 bits per heavy atom. The normalized spacial score (nSPS) is 12.7. The summed E-state index contributed by atoms with van der Waals surface area (Å²) in [6, 6.07) is 14.7. The fourth-order valence-electron chi connectivity index (χ4n) is 3.24. The Labute approximate surface area is 187 Å². The van der Waals surface area contributed by atoms with Gasteiger partial charge in [-0.3, -0.25) is 4.99 Å². The summed E-state index contributed by atoms with van der Waals surface area (Å²) >= 11 is 0. The van der Waals surface area contributed by atoms with Crippen molar-refractivity contribution in [3.05, 3.63) is 71.8 Å². The van der Waals surface area contributed by atoms with Crippen LogP contribution in [0, 0.1) is 0 Å². The van der Waals surface area contributed by atoms with Gasteiger partial charge in [0, 0.05) is 26.6 Å². The summed E-state index contributed by atoms with van der Waals surface area (Å²) in [6.07, 6.45) is 5.17. The molecule has 7 nitrogen and oxygen atoms in total. The molecule has 0 amide bonds. The second kappa shape index (κ2) is 10.2. The molecule has 8 heteroatoms. The maximum atomic E-state index is 5.56. The van der Waals surface area contributed by atoms with Crippen LogP contribution >= 0.6 is 24.0 Å². The Bertz CT molecular complexity index is 940. The van der Waals surface area contributed by atoms with Crippen LogP contribution < -0.4 is 15.4 Å². The van der Waals surface area contributed by atoms with Gasteiger partial charge in [-0.15, -0.1) is 24.0 Å². The molecule has 0 unspecified atom stereocenters. The molecule has 0 atom stereocenters. The van der Waals surface area contributed by atoms with Gasteiger partial charge < -0.3 is 15.4 Å². The van der Waals surface area contributed by atoms with Crippen LogP contribution in [0.4, 0.5) is 0 Å². The van der Waals surface area contributed by atoms with E-state index < -0.39 is 0 Å². The van der Waals surface area contributed by atoms with Crippen molar-refractivity contribution >= 4 is 29.9 Å². The Balaban J connectivity index is 0.00000240. The van der Waals surface area contributed by atoms with Crippen LogP contribution in [0.15, 0.2) is 60.1 Å². The van der Waals surface area contributed by atoms with Gasteiger partial charge in [0.2, 0.25) is 0 Å². The third-order valence-corrected chi connectivity index (χ3v) is 4.76. The number of ether oxygens (including phenoxy) is 1. The van der Waals surface area contributed by atoms with Gasteiger partial charge in [-0.05, 0) is 41.3 Å². The van der Waals surface area contributed by atoms with Gasteiger partial charge in [0.1, 0.15) is 18.4 Å². The van der Waals surface area contributed by atoms with Crippen molar-refractivity contribution in [1.82, 2.24) is 25.4 Å². The van der Waals surface area contributed by atoms with Gasteiger partial charge in [-0.25, -0.2) is 9.67 Å². The highest BCUT2D eigenvalue weighted by atomic mass is 127. The average molecular weight is 504 g/mol. The number of halogens is 1. The van der Waals surface area contributed by atoms with Crippen molar-refractivity contribution in [2.75, 3.05) is 20.2 Å². The van der Waals surface area contributed by atoms with E-state index in [4.69, 9.17) is 4.74 Å². The molecule has 0 radical (unpaired) electrons. The summed E-state index contributed by atoms with van der Waals surface area (Å²) < 4.78 is 7.30. The van der Waals surface area contributed by atoms with Crippen LogP contribution in [-0.2, 0) is 19.4 Å². The molecule has 0 bridgehead atoms. The van der Waals surface area contributed by atoms with Crippen molar-refractivity contribution in [2.45, 2.75) is 19.4 Å². The molecule has 2 heterocycles. The van der Waals surface area contributed by atoms with E-state index in [9.17, 15) is 0 Å². The summed E-state index contributed by atoms with van der Waals surface area (Å²) in [7, 11) is 1.79. The van der Waals surface area contributed by atoms with Gasteiger partial charge in [-0.1, -0.05) is 24.3 Å². The standard InChI is InChI=1S/C21H24N6O.HI/c1-22-21(24-10-8-16-4-7-20-18(12-16)9-11-28-20)25-13-17-2-5-19(6-3-17)27-15-23-14-26-27;/h2-7,12,14-15H,8-11,13H2,1H3,(H2,22,24,25);1H. The maximum absolute atomic E-state index is 5.56. The molecule has 152 valence electrons. The van der Waals surface area contributed by atoms with Crippen molar-refractivity contribution in [1.29, 1.82) is 0 Å². The second-order valence-corrected chi connectivity index (χ2v) is 6.65. The monoisotopic (exact) mass is 504 g/mol. The van der Waals surface area contributed by atoms with Crippen molar-refractivity contribution in [3.8, 4) is 11.4 Å². The van der Waals surface area contributed by atoms with Gasteiger partial charge in [0.15, 0.2) is 5.96 Å². The molecular formula is C21H25IN6O. The minimum absolute atomic E-state index is 0. The number of rotatable bonds is 6. The lowest BCUT2D eigenvalue weighted by atomic mass is 10.1. The minimum Gasteiger partial charge on any atom is -0.493 e. The van der Waals surface area contributed by atoms with E-state index in [-0.39, 0.29) is 24.0 Å². The Morgan fingerprint density at radius 2 is 1.97 bits per heavy atom. The molecule has 0 saturated heterocycles. The van der Waals surface area contributed by atoms with E-state index in [0.29, 0.717) is 6.54 Å². The first-order chi connectivity index (χ1) is 13.8. The molecule has 2 N–H and O–H groups in total. The smallest absolute Gasteiger partial charge is 0.191 e. The molecule has 0 saturated carbocycles. The van der Waals surface area contributed by atoms with Crippen LogP contribution in [0.5, 0.6) is 5.75 Å². The average Bonchev–Trinajstić information content (AvgIpc) is 3.42. The highest BCUT2D eigenvalue weighted by molar-refractivity contribution is 14.0. The fourth-order valence-corrected chi connectivity index (χ4v) is 3.24. The van der Waals surface area contributed by atoms with Crippen molar-refractivity contribution in [3.63, 3.8) is 0 Å². The van der Waals surface area contributed by atoms with E-state index in [2.05, 4.69) is 56.0 Å².